The lowest BCUT2D eigenvalue weighted by Gasteiger charge is -2.07. The van der Waals surface area contributed by atoms with Crippen molar-refractivity contribution in [2.45, 2.75) is 12.8 Å². The number of rotatable bonds is 6. The Labute approximate surface area is 99.5 Å². The number of sulfonamides is 1. The summed E-state index contributed by atoms with van der Waals surface area (Å²) < 4.78 is 25.4. The van der Waals surface area contributed by atoms with Crippen molar-refractivity contribution < 1.29 is 13.5 Å². The molecule has 0 bridgehead atoms. The van der Waals surface area contributed by atoms with Gasteiger partial charge in [0.05, 0.1) is 10.8 Å². The second-order valence-corrected chi connectivity index (χ2v) is 5.43. The van der Waals surface area contributed by atoms with Gasteiger partial charge >= 0.3 is 0 Å². The SMILES string of the molecule is O=S(=O)(CCCCO)Nc1ncccc1Cl. The van der Waals surface area contributed by atoms with E-state index in [9.17, 15) is 8.42 Å². The third kappa shape index (κ3) is 4.34. The van der Waals surface area contributed by atoms with E-state index in [1.54, 1.807) is 12.1 Å². The molecule has 0 aliphatic heterocycles. The fraction of sp³-hybridized carbons (Fsp3) is 0.444. The van der Waals surface area contributed by atoms with Crippen molar-refractivity contribution in [2.24, 2.45) is 0 Å². The monoisotopic (exact) mass is 264 g/mol. The minimum atomic E-state index is -3.44. The topological polar surface area (TPSA) is 79.3 Å². The summed E-state index contributed by atoms with van der Waals surface area (Å²) in [6.45, 7) is -0.0140. The zero-order valence-corrected chi connectivity index (χ0v) is 10.1. The first kappa shape index (κ1) is 13.2. The molecular formula is C9H13ClN2O3S. The summed E-state index contributed by atoms with van der Waals surface area (Å²) in [5, 5.41) is 8.81. The van der Waals surface area contributed by atoms with Crippen LogP contribution in [0.3, 0.4) is 0 Å². The highest BCUT2D eigenvalue weighted by Gasteiger charge is 2.12. The van der Waals surface area contributed by atoms with Crippen molar-refractivity contribution in [2.75, 3.05) is 17.1 Å². The standard InChI is InChI=1S/C9H13ClN2O3S/c10-8-4-3-5-11-9(8)12-16(14,15)7-2-1-6-13/h3-5,13H,1-2,6-7H2,(H,11,12). The van der Waals surface area contributed by atoms with Crippen LogP contribution in [-0.4, -0.2) is 30.9 Å². The summed E-state index contributed by atoms with van der Waals surface area (Å²) in [7, 11) is -3.44. The number of unbranched alkanes of at least 4 members (excludes halogenated alkanes) is 1. The molecule has 1 aromatic rings. The van der Waals surface area contributed by atoms with Crippen LogP contribution in [-0.2, 0) is 10.0 Å². The molecule has 0 fully saturated rings. The highest BCUT2D eigenvalue weighted by molar-refractivity contribution is 7.92. The Bertz CT molecular complexity index is 436. The molecule has 90 valence electrons. The summed E-state index contributed by atoms with van der Waals surface area (Å²) in [6, 6.07) is 3.17. The van der Waals surface area contributed by atoms with Gasteiger partial charge in [0.15, 0.2) is 5.82 Å². The van der Waals surface area contributed by atoms with Crippen LogP contribution >= 0.6 is 11.6 Å². The Balaban J connectivity index is 2.63. The zero-order chi connectivity index (χ0) is 12.0. The van der Waals surface area contributed by atoms with E-state index in [1.807, 2.05) is 0 Å². The predicted molar refractivity (Wildman–Crippen MR) is 63.0 cm³/mol. The highest BCUT2D eigenvalue weighted by atomic mass is 35.5. The number of aromatic nitrogens is 1. The number of nitrogens with one attached hydrogen (secondary N) is 1. The van der Waals surface area contributed by atoms with E-state index in [1.165, 1.54) is 6.20 Å². The quantitative estimate of drug-likeness (QED) is 0.758. The third-order valence-corrected chi connectivity index (χ3v) is 3.47. The summed E-state index contributed by atoms with van der Waals surface area (Å²) in [5.41, 5.74) is 0. The molecule has 0 amide bonds. The van der Waals surface area contributed by atoms with Crippen LogP contribution in [0.1, 0.15) is 12.8 Å². The van der Waals surface area contributed by atoms with E-state index in [0.29, 0.717) is 12.8 Å². The van der Waals surface area contributed by atoms with Gasteiger partial charge in [0.1, 0.15) is 0 Å². The van der Waals surface area contributed by atoms with Gasteiger partial charge in [-0.25, -0.2) is 13.4 Å². The van der Waals surface area contributed by atoms with Crippen molar-refractivity contribution in [3.8, 4) is 0 Å². The largest absolute Gasteiger partial charge is 0.396 e. The van der Waals surface area contributed by atoms with E-state index >= 15 is 0 Å². The Morgan fingerprint density at radius 1 is 1.44 bits per heavy atom. The van der Waals surface area contributed by atoms with Crippen molar-refractivity contribution in [3.05, 3.63) is 23.4 Å². The van der Waals surface area contributed by atoms with Crippen LogP contribution in [0, 0.1) is 0 Å². The first-order valence-electron chi connectivity index (χ1n) is 4.77. The van der Waals surface area contributed by atoms with E-state index in [4.69, 9.17) is 16.7 Å². The lowest BCUT2D eigenvalue weighted by atomic mass is 10.4. The van der Waals surface area contributed by atoms with Crippen molar-refractivity contribution in [1.29, 1.82) is 0 Å². The molecule has 1 heterocycles. The normalized spacial score (nSPS) is 11.4. The average Bonchev–Trinajstić information content (AvgIpc) is 2.21. The fourth-order valence-corrected chi connectivity index (χ4v) is 2.43. The van der Waals surface area contributed by atoms with Crippen LogP contribution in [0.15, 0.2) is 18.3 Å². The molecule has 1 rings (SSSR count). The Morgan fingerprint density at radius 3 is 2.81 bits per heavy atom. The molecule has 0 spiro atoms. The average molecular weight is 265 g/mol. The second-order valence-electron chi connectivity index (χ2n) is 3.19. The zero-order valence-electron chi connectivity index (χ0n) is 8.56. The maximum Gasteiger partial charge on any atom is 0.233 e. The molecule has 0 atom stereocenters. The van der Waals surface area contributed by atoms with E-state index in [0.717, 1.165) is 0 Å². The Kier molecular flexibility index (Phi) is 4.98. The molecule has 0 radical (unpaired) electrons. The molecule has 1 aromatic heterocycles. The Morgan fingerprint density at radius 2 is 2.19 bits per heavy atom. The predicted octanol–water partition coefficient (Wildman–Crippen LogP) is 1.25. The van der Waals surface area contributed by atoms with Gasteiger partial charge in [0.2, 0.25) is 10.0 Å². The number of aliphatic hydroxyl groups excluding tert-OH is 1. The summed E-state index contributed by atoms with van der Waals surface area (Å²) >= 11 is 5.76. The van der Waals surface area contributed by atoms with Gasteiger partial charge in [0.25, 0.3) is 0 Å². The summed E-state index contributed by atoms with van der Waals surface area (Å²) in [4.78, 5) is 3.82. The van der Waals surface area contributed by atoms with E-state index < -0.39 is 10.0 Å². The van der Waals surface area contributed by atoms with Crippen LogP contribution in [0.2, 0.25) is 5.02 Å². The first-order chi connectivity index (χ1) is 7.55. The molecular weight excluding hydrogens is 252 g/mol. The second kappa shape index (κ2) is 6.03. The number of hydrogen-bond acceptors (Lipinski definition) is 4. The van der Waals surface area contributed by atoms with Crippen LogP contribution in [0.25, 0.3) is 0 Å². The van der Waals surface area contributed by atoms with Gasteiger partial charge < -0.3 is 5.11 Å². The minimum absolute atomic E-state index is 0.0140. The van der Waals surface area contributed by atoms with Crippen LogP contribution in [0.4, 0.5) is 5.82 Å². The molecule has 5 nitrogen and oxygen atoms in total. The third-order valence-electron chi connectivity index (χ3n) is 1.83. The van der Waals surface area contributed by atoms with Gasteiger partial charge in [-0.2, -0.15) is 0 Å². The summed E-state index contributed by atoms with van der Waals surface area (Å²) in [6.07, 6.45) is 2.31. The number of halogens is 1. The van der Waals surface area contributed by atoms with Crippen molar-refractivity contribution in [3.63, 3.8) is 0 Å². The minimum Gasteiger partial charge on any atom is -0.396 e. The van der Waals surface area contributed by atoms with Gasteiger partial charge in [-0.1, -0.05) is 11.6 Å². The molecule has 0 aromatic carbocycles. The number of pyridine rings is 1. The number of hydrogen-bond donors (Lipinski definition) is 2. The van der Waals surface area contributed by atoms with Gasteiger partial charge in [-0.3, -0.25) is 4.72 Å². The molecule has 0 saturated heterocycles. The number of anilines is 1. The molecule has 0 aliphatic carbocycles. The molecule has 0 unspecified atom stereocenters. The molecule has 0 aliphatic rings. The highest BCUT2D eigenvalue weighted by Crippen LogP contribution is 2.18. The summed E-state index contributed by atoms with van der Waals surface area (Å²) in [5.74, 6) is 0.0775. The molecule has 2 N–H and O–H groups in total. The number of aliphatic hydroxyl groups is 1. The van der Waals surface area contributed by atoms with Crippen molar-refractivity contribution in [1.82, 2.24) is 4.98 Å². The number of nitrogens with zero attached hydrogens (tertiary/aromatic N) is 1. The molecule has 16 heavy (non-hydrogen) atoms. The first-order valence-corrected chi connectivity index (χ1v) is 6.80. The van der Waals surface area contributed by atoms with Crippen LogP contribution in [0.5, 0.6) is 0 Å². The lowest BCUT2D eigenvalue weighted by Crippen LogP contribution is -2.17. The smallest absolute Gasteiger partial charge is 0.233 e. The lowest BCUT2D eigenvalue weighted by molar-refractivity contribution is 0.287. The molecule has 0 saturated carbocycles. The van der Waals surface area contributed by atoms with Gasteiger partial charge in [-0.05, 0) is 25.0 Å². The maximum atomic E-state index is 11.5. The van der Waals surface area contributed by atoms with E-state index in [-0.39, 0.29) is 23.2 Å². The van der Waals surface area contributed by atoms with Crippen molar-refractivity contribution >= 4 is 27.4 Å². The Hall–Kier alpha value is -0.850. The molecule has 7 heteroatoms. The van der Waals surface area contributed by atoms with Gasteiger partial charge in [0, 0.05) is 12.8 Å². The maximum absolute atomic E-state index is 11.5. The fourth-order valence-electron chi connectivity index (χ4n) is 1.06. The van der Waals surface area contributed by atoms with Crippen LogP contribution < -0.4 is 4.72 Å². The van der Waals surface area contributed by atoms with Gasteiger partial charge in [-0.15, -0.1) is 0 Å². The van der Waals surface area contributed by atoms with E-state index in [2.05, 4.69) is 9.71 Å².